The van der Waals surface area contributed by atoms with Crippen molar-refractivity contribution in [3.05, 3.63) is 71.3 Å². The van der Waals surface area contributed by atoms with E-state index in [1.165, 1.54) is 19.0 Å². The Balaban J connectivity index is 1.69. The number of alkyl halides is 3. The quantitative estimate of drug-likeness (QED) is 0.761. The molecule has 31 heavy (non-hydrogen) atoms. The van der Waals surface area contributed by atoms with Crippen LogP contribution in [-0.2, 0) is 17.9 Å². The highest BCUT2D eigenvalue weighted by Gasteiger charge is 2.52. The molecule has 0 aromatic heterocycles. The second-order valence-electron chi connectivity index (χ2n) is 7.90. The molecule has 1 fully saturated rings. The molecule has 1 aliphatic rings. The molecule has 0 unspecified atom stereocenters. The smallest absolute Gasteiger partial charge is 0.355 e. The minimum absolute atomic E-state index is 0.0673. The molecule has 1 N–H and O–H groups in total. The summed E-state index contributed by atoms with van der Waals surface area (Å²) in [5, 5.41) is 2.52. The Hall–Kier alpha value is -2.87. The number of amides is 2. The maximum atomic E-state index is 13.7. The first-order valence-electron chi connectivity index (χ1n) is 10.1. The molecule has 1 heterocycles. The van der Waals surface area contributed by atoms with Gasteiger partial charge in [-0.3, -0.25) is 14.5 Å². The van der Waals surface area contributed by atoms with Crippen LogP contribution in [0.5, 0.6) is 0 Å². The first-order chi connectivity index (χ1) is 14.7. The molecule has 2 atom stereocenters. The van der Waals surface area contributed by atoms with E-state index in [1.807, 2.05) is 30.3 Å². The van der Waals surface area contributed by atoms with Gasteiger partial charge < -0.3 is 10.2 Å². The minimum atomic E-state index is -4.44. The van der Waals surface area contributed by atoms with Gasteiger partial charge in [-0.15, -0.1) is 0 Å². The second kappa shape index (κ2) is 9.51. The van der Waals surface area contributed by atoms with Crippen molar-refractivity contribution in [3.63, 3.8) is 0 Å². The number of rotatable bonds is 6. The molecule has 0 aliphatic carbocycles. The maximum absolute atomic E-state index is 13.7. The molecule has 1 saturated heterocycles. The number of carbonyl (C=O) groups is 2. The van der Waals surface area contributed by atoms with Crippen molar-refractivity contribution in [1.82, 2.24) is 15.1 Å². The van der Waals surface area contributed by atoms with Gasteiger partial charge in [0.05, 0.1) is 11.8 Å². The van der Waals surface area contributed by atoms with Crippen molar-refractivity contribution in [2.45, 2.75) is 19.3 Å². The van der Waals surface area contributed by atoms with Crippen LogP contribution in [0.25, 0.3) is 0 Å². The molecular weight excluding hydrogens is 407 g/mol. The van der Waals surface area contributed by atoms with E-state index in [4.69, 9.17) is 0 Å². The number of nitrogens with zero attached hydrogens (tertiary/aromatic N) is 2. The monoisotopic (exact) mass is 433 g/mol. The second-order valence-corrected chi connectivity index (χ2v) is 7.90. The van der Waals surface area contributed by atoms with Crippen molar-refractivity contribution in [2.75, 3.05) is 27.2 Å². The third-order valence-corrected chi connectivity index (χ3v) is 5.62. The van der Waals surface area contributed by atoms with E-state index < -0.39 is 23.9 Å². The van der Waals surface area contributed by atoms with Gasteiger partial charge in [-0.1, -0.05) is 42.5 Å². The van der Waals surface area contributed by atoms with Gasteiger partial charge in [0.25, 0.3) is 5.91 Å². The highest BCUT2D eigenvalue weighted by molar-refractivity contribution is 5.93. The average Bonchev–Trinajstić information content (AvgIpc) is 3.18. The molecule has 166 valence electrons. The Morgan fingerprint density at radius 1 is 1.03 bits per heavy atom. The Kier molecular flexibility index (Phi) is 7.00. The molecule has 2 aromatic rings. The predicted molar refractivity (Wildman–Crippen MR) is 111 cm³/mol. The molecule has 2 amide bonds. The Bertz CT molecular complexity index is 901. The highest BCUT2D eigenvalue weighted by Crippen LogP contribution is 2.39. The zero-order chi connectivity index (χ0) is 22.6. The number of halogens is 3. The van der Waals surface area contributed by atoms with E-state index in [9.17, 15) is 22.8 Å². The van der Waals surface area contributed by atoms with E-state index in [-0.39, 0.29) is 25.5 Å². The van der Waals surface area contributed by atoms with Crippen molar-refractivity contribution >= 4 is 11.8 Å². The zero-order valence-electron chi connectivity index (χ0n) is 17.5. The van der Waals surface area contributed by atoms with Gasteiger partial charge in [0.1, 0.15) is 0 Å². The molecule has 1 aliphatic heterocycles. The van der Waals surface area contributed by atoms with Crippen LogP contribution >= 0.6 is 0 Å². The fourth-order valence-electron chi connectivity index (χ4n) is 3.98. The van der Waals surface area contributed by atoms with Gasteiger partial charge in [0.15, 0.2) is 0 Å². The molecule has 5 nitrogen and oxygen atoms in total. The lowest BCUT2D eigenvalue weighted by Gasteiger charge is -2.26. The summed E-state index contributed by atoms with van der Waals surface area (Å²) in [5.41, 5.74) is 2.14. The Morgan fingerprint density at radius 3 is 2.26 bits per heavy atom. The summed E-state index contributed by atoms with van der Waals surface area (Å²) in [6.45, 7) is 0.426. The normalized spacial score (nSPS) is 19.3. The number of hydrogen-bond donors (Lipinski definition) is 1. The van der Waals surface area contributed by atoms with E-state index in [1.54, 1.807) is 29.2 Å². The molecule has 0 saturated carbocycles. The molecular formula is C23H26F3N3O2. The topological polar surface area (TPSA) is 52.7 Å². The van der Waals surface area contributed by atoms with E-state index in [0.29, 0.717) is 12.1 Å². The van der Waals surface area contributed by atoms with Gasteiger partial charge in [-0.2, -0.15) is 13.2 Å². The number of hydrogen-bond acceptors (Lipinski definition) is 3. The summed E-state index contributed by atoms with van der Waals surface area (Å²) < 4.78 is 41.1. The zero-order valence-corrected chi connectivity index (χ0v) is 17.5. The third kappa shape index (κ3) is 5.64. The van der Waals surface area contributed by atoms with Crippen molar-refractivity contribution in [1.29, 1.82) is 0 Å². The number of benzene rings is 2. The molecule has 0 radical (unpaired) electrons. The molecule has 0 spiro atoms. The Labute approximate surface area is 179 Å². The minimum Gasteiger partial charge on any atom is -0.355 e. The summed E-state index contributed by atoms with van der Waals surface area (Å²) in [5.74, 6) is -3.58. The van der Waals surface area contributed by atoms with Gasteiger partial charge in [-0.25, -0.2) is 0 Å². The standard InChI is InChI=1S/C23H26F3N3O2/c1-27-21(30)18-10-8-17(9-11-18)12-28(2)22(31)19-14-29(15-20(19)23(24,25)26)13-16-6-4-3-5-7-16/h3-11,19-20H,12-15H2,1-2H3,(H,27,30)/t19-,20-/m1/s1. The van der Waals surface area contributed by atoms with Crippen molar-refractivity contribution in [3.8, 4) is 0 Å². The first-order valence-corrected chi connectivity index (χ1v) is 10.1. The summed E-state index contributed by atoms with van der Waals surface area (Å²) in [4.78, 5) is 27.6. The van der Waals surface area contributed by atoms with Crippen molar-refractivity contribution in [2.24, 2.45) is 11.8 Å². The molecule has 3 rings (SSSR count). The lowest BCUT2D eigenvalue weighted by Crippen LogP contribution is -2.40. The SMILES string of the molecule is CNC(=O)c1ccc(CN(C)C(=O)[C@@H]2CN(Cc3ccccc3)C[C@H]2C(F)(F)F)cc1. The van der Waals surface area contributed by atoms with Crippen LogP contribution in [0, 0.1) is 11.8 Å². The van der Waals surface area contributed by atoms with Crippen LogP contribution in [0.4, 0.5) is 13.2 Å². The van der Waals surface area contributed by atoms with Gasteiger partial charge in [0.2, 0.25) is 5.91 Å². The summed E-state index contributed by atoms with van der Waals surface area (Å²) in [6.07, 6.45) is -4.44. The summed E-state index contributed by atoms with van der Waals surface area (Å²) in [6, 6.07) is 15.9. The summed E-state index contributed by atoms with van der Waals surface area (Å²) in [7, 11) is 3.05. The van der Waals surface area contributed by atoms with E-state index in [0.717, 1.165) is 11.1 Å². The molecule has 2 aromatic carbocycles. The van der Waals surface area contributed by atoms with E-state index >= 15 is 0 Å². The van der Waals surface area contributed by atoms with Gasteiger partial charge in [-0.05, 0) is 23.3 Å². The van der Waals surface area contributed by atoms with Crippen LogP contribution in [0.15, 0.2) is 54.6 Å². The lowest BCUT2D eigenvalue weighted by molar-refractivity contribution is -0.185. The Morgan fingerprint density at radius 2 is 1.68 bits per heavy atom. The summed E-state index contributed by atoms with van der Waals surface area (Å²) >= 11 is 0. The third-order valence-electron chi connectivity index (χ3n) is 5.62. The lowest BCUT2D eigenvalue weighted by atomic mass is 9.94. The number of nitrogens with one attached hydrogen (secondary N) is 1. The molecule has 8 heteroatoms. The predicted octanol–water partition coefficient (Wildman–Crippen LogP) is 3.32. The fraction of sp³-hybridized carbons (Fsp3) is 0.391. The van der Waals surface area contributed by atoms with Crippen LogP contribution in [0.3, 0.4) is 0 Å². The number of likely N-dealkylation sites (tertiary alicyclic amines) is 1. The van der Waals surface area contributed by atoms with Crippen LogP contribution in [-0.4, -0.2) is 55.0 Å². The van der Waals surface area contributed by atoms with Crippen LogP contribution < -0.4 is 5.32 Å². The van der Waals surface area contributed by atoms with Crippen LogP contribution in [0.2, 0.25) is 0 Å². The van der Waals surface area contributed by atoms with Crippen LogP contribution in [0.1, 0.15) is 21.5 Å². The maximum Gasteiger partial charge on any atom is 0.393 e. The fourth-order valence-corrected chi connectivity index (χ4v) is 3.98. The average molecular weight is 433 g/mol. The first kappa shape index (κ1) is 22.8. The van der Waals surface area contributed by atoms with Crippen molar-refractivity contribution < 1.29 is 22.8 Å². The number of carbonyl (C=O) groups excluding carboxylic acids is 2. The molecule has 0 bridgehead atoms. The van der Waals surface area contributed by atoms with E-state index in [2.05, 4.69) is 5.32 Å². The largest absolute Gasteiger partial charge is 0.393 e. The highest BCUT2D eigenvalue weighted by atomic mass is 19.4. The van der Waals surface area contributed by atoms with Gasteiger partial charge in [0, 0.05) is 45.8 Å². The van der Waals surface area contributed by atoms with Gasteiger partial charge >= 0.3 is 6.18 Å².